The Labute approximate surface area is 133 Å². The first-order valence-electron chi connectivity index (χ1n) is 8.00. The minimum atomic E-state index is 0. The van der Waals surface area contributed by atoms with Gasteiger partial charge in [-0.1, -0.05) is 0 Å². The highest BCUT2D eigenvalue weighted by Crippen LogP contribution is 2.14. The molecule has 2 N–H and O–H groups in total. The third kappa shape index (κ3) is 7.45. The molecular weight excluding hydrogens is 292 g/mol. The van der Waals surface area contributed by atoms with Gasteiger partial charge in [0.2, 0.25) is 5.91 Å². The van der Waals surface area contributed by atoms with Crippen LogP contribution < -0.4 is 10.6 Å². The van der Waals surface area contributed by atoms with Crippen LogP contribution in [-0.4, -0.2) is 52.0 Å². The van der Waals surface area contributed by atoms with E-state index in [0.29, 0.717) is 5.92 Å². The lowest BCUT2D eigenvalue weighted by Crippen LogP contribution is -2.40. The van der Waals surface area contributed by atoms with E-state index in [1.54, 1.807) is 0 Å². The van der Waals surface area contributed by atoms with Crippen LogP contribution in [0.1, 0.15) is 32.1 Å². The van der Waals surface area contributed by atoms with Gasteiger partial charge in [-0.25, -0.2) is 0 Å². The first-order valence-corrected chi connectivity index (χ1v) is 8.00. The van der Waals surface area contributed by atoms with Crippen LogP contribution in [0.5, 0.6) is 0 Å². The number of hydrogen-bond acceptors (Lipinski definition) is 4. The van der Waals surface area contributed by atoms with E-state index >= 15 is 0 Å². The van der Waals surface area contributed by atoms with E-state index in [4.69, 9.17) is 9.47 Å². The van der Waals surface area contributed by atoms with Gasteiger partial charge in [0.1, 0.15) is 0 Å². The first kappa shape index (κ1) is 18.7. The van der Waals surface area contributed by atoms with Gasteiger partial charge in [-0.3, -0.25) is 4.79 Å². The second-order valence-corrected chi connectivity index (χ2v) is 5.82. The Bertz CT molecular complexity index is 280. The summed E-state index contributed by atoms with van der Waals surface area (Å²) in [5, 5.41) is 6.28. The van der Waals surface area contributed by atoms with E-state index in [2.05, 4.69) is 10.6 Å². The van der Waals surface area contributed by atoms with E-state index in [1.165, 1.54) is 0 Å². The van der Waals surface area contributed by atoms with Crippen molar-refractivity contribution in [3.8, 4) is 0 Å². The summed E-state index contributed by atoms with van der Waals surface area (Å²) in [6.45, 7) is 5.92. The van der Waals surface area contributed by atoms with Crippen molar-refractivity contribution in [2.45, 2.75) is 32.1 Å². The van der Waals surface area contributed by atoms with Crippen LogP contribution in [0.2, 0.25) is 0 Å². The minimum absolute atomic E-state index is 0. The third-order valence-corrected chi connectivity index (χ3v) is 4.13. The molecule has 2 heterocycles. The molecule has 1 unspecified atom stereocenters. The smallest absolute Gasteiger partial charge is 0.224 e. The molecule has 0 radical (unpaired) electrons. The average Bonchev–Trinajstić information content (AvgIpc) is 2.52. The maximum atomic E-state index is 11.9. The lowest BCUT2D eigenvalue weighted by molar-refractivity contribution is -0.125. The third-order valence-electron chi connectivity index (χ3n) is 4.13. The Balaban J connectivity index is 0.00000220. The molecule has 21 heavy (non-hydrogen) atoms. The average molecular weight is 321 g/mol. The zero-order chi connectivity index (χ0) is 14.0. The van der Waals surface area contributed by atoms with E-state index in [0.717, 1.165) is 78.2 Å². The number of carbonyl (C=O) groups is 1. The normalized spacial score (nSPS) is 23.3. The standard InChI is InChI=1S/C15H28N2O3.ClH/c18-15(14-3-1-6-16-11-14)17-7-2-8-20-12-13-4-9-19-10-5-13;/h13-14,16H,1-12H2,(H,17,18);1H. The molecule has 2 saturated heterocycles. The minimum Gasteiger partial charge on any atom is -0.381 e. The van der Waals surface area contributed by atoms with E-state index in [-0.39, 0.29) is 24.2 Å². The zero-order valence-electron chi connectivity index (χ0n) is 12.8. The SMILES string of the molecule is Cl.O=C(NCCCOCC1CCOCC1)C1CCCNC1. The molecule has 2 fully saturated rings. The molecule has 0 aromatic carbocycles. The number of halogens is 1. The van der Waals surface area contributed by atoms with Gasteiger partial charge in [-0.2, -0.15) is 0 Å². The number of carbonyl (C=O) groups excluding carboxylic acids is 1. The second kappa shape index (κ2) is 11.2. The number of piperidine rings is 1. The van der Waals surface area contributed by atoms with Gasteiger partial charge in [-0.05, 0) is 44.6 Å². The lowest BCUT2D eigenvalue weighted by atomic mass is 9.99. The van der Waals surface area contributed by atoms with Gasteiger partial charge in [0.15, 0.2) is 0 Å². The predicted octanol–water partition coefficient (Wildman–Crippen LogP) is 1.36. The fourth-order valence-electron chi connectivity index (χ4n) is 2.77. The second-order valence-electron chi connectivity index (χ2n) is 5.82. The summed E-state index contributed by atoms with van der Waals surface area (Å²) in [7, 11) is 0. The van der Waals surface area contributed by atoms with E-state index in [9.17, 15) is 4.79 Å². The molecule has 1 atom stereocenters. The Morgan fingerprint density at radius 3 is 2.81 bits per heavy atom. The first-order chi connectivity index (χ1) is 9.86. The van der Waals surface area contributed by atoms with Crippen LogP contribution in [0.25, 0.3) is 0 Å². The molecule has 0 aliphatic carbocycles. The predicted molar refractivity (Wildman–Crippen MR) is 84.8 cm³/mol. The van der Waals surface area contributed by atoms with Gasteiger partial charge >= 0.3 is 0 Å². The highest BCUT2D eigenvalue weighted by molar-refractivity contribution is 5.85. The van der Waals surface area contributed by atoms with Crippen molar-refractivity contribution in [1.82, 2.24) is 10.6 Å². The maximum Gasteiger partial charge on any atom is 0.224 e. The number of hydrogen-bond donors (Lipinski definition) is 2. The summed E-state index contributed by atoms with van der Waals surface area (Å²) >= 11 is 0. The summed E-state index contributed by atoms with van der Waals surface area (Å²) < 4.78 is 11.0. The van der Waals surface area contributed by atoms with Crippen LogP contribution in [0.4, 0.5) is 0 Å². The summed E-state index contributed by atoms with van der Waals surface area (Å²) in [6.07, 6.45) is 5.25. The Kier molecular flexibility index (Phi) is 10.0. The Morgan fingerprint density at radius 2 is 2.10 bits per heavy atom. The van der Waals surface area contributed by atoms with Crippen LogP contribution in [0.3, 0.4) is 0 Å². The molecule has 0 aromatic heterocycles. The molecule has 0 saturated carbocycles. The fourth-order valence-corrected chi connectivity index (χ4v) is 2.77. The van der Waals surface area contributed by atoms with Crippen LogP contribution in [0.15, 0.2) is 0 Å². The molecule has 1 amide bonds. The van der Waals surface area contributed by atoms with Crippen molar-refractivity contribution in [2.24, 2.45) is 11.8 Å². The molecule has 0 aromatic rings. The topological polar surface area (TPSA) is 59.6 Å². The highest BCUT2D eigenvalue weighted by Gasteiger charge is 2.20. The number of ether oxygens (including phenoxy) is 2. The quantitative estimate of drug-likeness (QED) is 0.695. The summed E-state index contributed by atoms with van der Waals surface area (Å²) in [5.74, 6) is 1.01. The molecule has 0 bridgehead atoms. The number of rotatable bonds is 7. The van der Waals surface area contributed by atoms with Gasteiger partial charge in [0, 0.05) is 39.5 Å². The van der Waals surface area contributed by atoms with Crippen LogP contribution >= 0.6 is 12.4 Å². The monoisotopic (exact) mass is 320 g/mol. The van der Waals surface area contributed by atoms with Crippen molar-refractivity contribution in [2.75, 3.05) is 46.1 Å². The molecule has 2 aliphatic rings. The fraction of sp³-hybridized carbons (Fsp3) is 0.933. The van der Waals surface area contributed by atoms with Crippen molar-refractivity contribution >= 4 is 18.3 Å². The number of nitrogens with one attached hydrogen (secondary N) is 2. The van der Waals surface area contributed by atoms with Gasteiger partial charge < -0.3 is 20.1 Å². The highest BCUT2D eigenvalue weighted by atomic mass is 35.5. The molecule has 0 spiro atoms. The molecular formula is C15H29ClN2O3. The van der Waals surface area contributed by atoms with Crippen LogP contribution in [-0.2, 0) is 14.3 Å². The summed E-state index contributed by atoms with van der Waals surface area (Å²) in [6, 6.07) is 0. The molecule has 2 rings (SSSR count). The molecule has 2 aliphatic heterocycles. The van der Waals surface area contributed by atoms with E-state index < -0.39 is 0 Å². The molecule has 124 valence electrons. The largest absolute Gasteiger partial charge is 0.381 e. The van der Waals surface area contributed by atoms with E-state index in [1.807, 2.05) is 0 Å². The maximum absolute atomic E-state index is 11.9. The van der Waals surface area contributed by atoms with Crippen LogP contribution in [0, 0.1) is 11.8 Å². The van der Waals surface area contributed by atoms with Gasteiger partial charge in [0.05, 0.1) is 5.92 Å². The zero-order valence-corrected chi connectivity index (χ0v) is 13.6. The van der Waals surface area contributed by atoms with Crippen molar-refractivity contribution in [3.63, 3.8) is 0 Å². The molecule has 5 nitrogen and oxygen atoms in total. The Hall–Kier alpha value is -0.360. The van der Waals surface area contributed by atoms with Crippen molar-refractivity contribution in [1.29, 1.82) is 0 Å². The van der Waals surface area contributed by atoms with Gasteiger partial charge in [-0.15, -0.1) is 12.4 Å². The van der Waals surface area contributed by atoms with Gasteiger partial charge in [0.25, 0.3) is 0 Å². The van der Waals surface area contributed by atoms with Crippen molar-refractivity contribution in [3.05, 3.63) is 0 Å². The lowest BCUT2D eigenvalue weighted by Gasteiger charge is -2.22. The Morgan fingerprint density at radius 1 is 1.29 bits per heavy atom. The summed E-state index contributed by atoms with van der Waals surface area (Å²) in [5.41, 5.74) is 0. The van der Waals surface area contributed by atoms with Crippen molar-refractivity contribution < 1.29 is 14.3 Å². The molecule has 6 heteroatoms. The number of amides is 1. The summed E-state index contributed by atoms with van der Waals surface area (Å²) in [4.78, 5) is 11.9.